The molecule has 0 spiro atoms. The number of amides is 2. The van der Waals surface area contributed by atoms with Crippen molar-refractivity contribution in [2.75, 3.05) is 19.8 Å². The third-order valence-corrected chi connectivity index (χ3v) is 2.33. The zero-order valence-corrected chi connectivity index (χ0v) is 9.40. The second-order valence-electron chi connectivity index (χ2n) is 3.79. The van der Waals surface area contributed by atoms with Crippen molar-refractivity contribution >= 4 is 17.8 Å². The van der Waals surface area contributed by atoms with E-state index in [1.165, 1.54) is 0 Å². The molecule has 0 unspecified atom stereocenters. The van der Waals surface area contributed by atoms with Gasteiger partial charge in [-0.25, -0.2) is 4.79 Å². The summed E-state index contributed by atoms with van der Waals surface area (Å²) in [5.41, 5.74) is 0. The third-order valence-electron chi connectivity index (χ3n) is 2.33. The van der Waals surface area contributed by atoms with E-state index in [0.29, 0.717) is 13.0 Å². The summed E-state index contributed by atoms with van der Waals surface area (Å²) in [5, 5.41) is 13.5. The van der Waals surface area contributed by atoms with Crippen LogP contribution in [0.4, 0.5) is 0 Å². The summed E-state index contributed by atoms with van der Waals surface area (Å²) >= 11 is 0. The Labute approximate surface area is 98.5 Å². The fourth-order valence-corrected chi connectivity index (χ4v) is 1.54. The van der Waals surface area contributed by atoms with E-state index >= 15 is 0 Å². The molecule has 0 aromatic rings. The minimum absolute atomic E-state index is 0.200. The number of aliphatic carboxylic acids is 1. The first-order chi connectivity index (χ1) is 8.09. The maximum Gasteiger partial charge on any atom is 0.329 e. The second-order valence-corrected chi connectivity index (χ2v) is 3.79. The number of ether oxygens (including phenoxy) is 1. The summed E-state index contributed by atoms with van der Waals surface area (Å²) in [4.78, 5) is 33.0. The van der Waals surface area contributed by atoms with Crippen LogP contribution in [0.25, 0.3) is 0 Å². The summed E-state index contributed by atoms with van der Waals surface area (Å²) in [7, 11) is 0. The maximum absolute atomic E-state index is 11.5. The lowest BCUT2D eigenvalue weighted by atomic mass is 10.1. The van der Waals surface area contributed by atoms with E-state index in [2.05, 4.69) is 15.4 Å². The van der Waals surface area contributed by atoms with E-state index < -0.39 is 24.5 Å². The summed E-state index contributed by atoms with van der Waals surface area (Å²) < 4.78 is 4.62. The van der Waals surface area contributed by atoms with Gasteiger partial charge in [0, 0.05) is 6.54 Å². The van der Waals surface area contributed by atoms with Gasteiger partial charge >= 0.3 is 5.97 Å². The van der Waals surface area contributed by atoms with Crippen molar-refractivity contribution < 1.29 is 24.2 Å². The molecular weight excluding hydrogens is 228 g/mol. The Morgan fingerprint density at radius 3 is 2.88 bits per heavy atom. The predicted molar refractivity (Wildman–Crippen MR) is 57.2 cm³/mol. The van der Waals surface area contributed by atoms with E-state index in [9.17, 15) is 14.4 Å². The van der Waals surface area contributed by atoms with Gasteiger partial charge in [-0.3, -0.25) is 9.59 Å². The van der Waals surface area contributed by atoms with E-state index in [1.807, 2.05) is 0 Å². The lowest BCUT2D eigenvalue weighted by molar-refractivity contribution is -0.144. The number of carbonyl (C=O) groups is 3. The Kier molecular flexibility index (Phi) is 5.41. The van der Waals surface area contributed by atoms with Crippen LogP contribution in [0.2, 0.25) is 0 Å². The Hall–Kier alpha value is -1.63. The highest BCUT2D eigenvalue weighted by Crippen LogP contribution is 2.04. The molecule has 1 aliphatic heterocycles. The number of carboxylic acids is 1. The van der Waals surface area contributed by atoms with Crippen molar-refractivity contribution in [2.45, 2.75) is 25.3 Å². The molecule has 1 aliphatic rings. The molecule has 3 N–H and O–H groups in total. The molecule has 1 atom stereocenters. The van der Waals surface area contributed by atoms with Gasteiger partial charge in [0.1, 0.15) is 19.3 Å². The van der Waals surface area contributed by atoms with Crippen LogP contribution >= 0.6 is 0 Å². The Balaban J connectivity index is 2.28. The first-order valence-corrected chi connectivity index (χ1v) is 5.46. The van der Waals surface area contributed by atoms with Crippen molar-refractivity contribution in [1.82, 2.24) is 10.6 Å². The van der Waals surface area contributed by atoms with Crippen LogP contribution in [0.5, 0.6) is 0 Å². The summed E-state index contributed by atoms with van der Waals surface area (Å²) in [5.74, 6) is -1.81. The van der Waals surface area contributed by atoms with Gasteiger partial charge in [0.15, 0.2) is 0 Å². The van der Waals surface area contributed by atoms with Gasteiger partial charge in [0.2, 0.25) is 11.8 Å². The molecule has 0 aromatic carbocycles. The van der Waals surface area contributed by atoms with Crippen molar-refractivity contribution in [2.24, 2.45) is 0 Å². The Morgan fingerprint density at radius 2 is 2.18 bits per heavy atom. The molecule has 0 bridgehead atoms. The molecule has 0 aromatic heterocycles. The fraction of sp³-hybridized carbons (Fsp3) is 0.700. The first kappa shape index (κ1) is 13.4. The zero-order chi connectivity index (χ0) is 12.7. The average molecular weight is 244 g/mol. The average Bonchev–Trinajstić information content (AvgIpc) is 2.44. The van der Waals surface area contributed by atoms with Crippen LogP contribution < -0.4 is 10.6 Å². The molecule has 7 nitrogen and oxygen atoms in total. The van der Waals surface area contributed by atoms with Crippen molar-refractivity contribution in [3.05, 3.63) is 0 Å². The van der Waals surface area contributed by atoms with Crippen molar-refractivity contribution in [3.63, 3.8) is 0 Å². The number of carbonyl (C=O) groups excluding carboxylic acids is 2. The highest BCUT2D eigenvalue weighted by atomic mass is 16.5. The van der Waals surface area contributed by atoms with Gasteiger partial charge in [-0.1, -0.05) is 0 Å². The van der Waals surface area contributed by atoms with Gasteiger partial charge in [-0.2, -0.15) is 0 Å². The van der Waals surface area contributed by atoms with Gasteiger partial charge in [-0.05, 0) is 19.3 Å². The normalized spacial score (nSPS) is 20.2. The van der Waals surface area contributed by atoms with Gasteiger partial charge in [0.05, 0.1) is 0 Å². The summed E-state index contributed by atoms with van der Waals surface area (Å²) in [6, 6.07) is -0.543. The fourth-order valence-electron chi connectivity index (χ4n) is 1.54. The number of rotatable bonds is 5. The van der Waals surface area contributed by atoms with Gasteiger partial charge in [0.25, 0.3) is 0 Å². The molecule has 0 aliphatic carbocycles. The highest BCUT2D eigenvalue weighted by Gasteiger charge is 2.22. The standard InChI is InChI=1S/C10H16N2O5/c13-8(5-17-6-9(14)15)12-7-3-1-2-4-11-10(7)16/h7H,1-6H2,(H,11,16)(H,12,13)(H,14,15)/t7-/m0/s1. The second kappa shape index (κ2) is 6.85. The van der Waals surface area contributed by atoms with Crippen molar-refractivity contribution in [1.29, 1.82) is 0 Å². The van der Waals surface area contributed by atoms with Crippen LogP contribution in [-0.4, -0.2) is 48.7 Å². The monoisotopic (exact) mass is 244 g/mol. The SMILES string of the molecule is O=C(O)COCC(=O)N[C@H]1CCCCNC1=O. The molecule has 17 heavy (non-hydrogen) atoms. The lowest BCUT2D eigenvalue weighted by Crippen LogP contribution is -2.46. The quantitative estimate of drug-likeness (QED) is 0.567. The largest absolute Gasteiger partial charge is 0.480 e. The number of nitrogens with one attached hydrogen (secondary N) is 2. The molecule has 1 heterocycles. The van der Waals surface area contributed by atoms with E-state index in [1.54, 1.807) is 0 Å². The van der Waals surface area contributed by atoms with Crippen LogP contribution in [0, 0.1) is 0 Å². The molecule has 1 fully saturated rings. The maximum atomic E-state index is 11.5. The Morgan fingerprint density at radius 1 is 1.41 bits per heavy atom. The molecule has 7 heteroatoms. The molecule has 0 saturated carbocycles. The smallest absolute Gasteiger partial charge is 0.329 e. The van der Waals surface area contributed by atoms with Crippen LogP contribution in [0.15, 0.2) is 0 Å². The number of hydrogen-bond acceptors (Lipinski definition) is 4. The summed E-state index contributed by atoms with van der Waals surface area (Å²) in [6.45, 7) is -0.249. The highest BCUT2D eigenvalue weighted by molar-refractivity contribution is 5.88. The van der Waals surface area contributed by atoms with Crippen LogP contribution in [-0.2, 0) is 19.1 Å². The van der Waals surface area contributed by atoms with E-state index in [0.717, 1.165) is 12.8 Å². The van der Waals surface area contributed by atoms with Gasteiger partial charge < -0.3 is 20.5 Å². The van der Waals surface area contributed by atoms with Crippen molar-refractivity contribution in [3.8, 4) is 0 Å². The third kappa shape index (κ3) is 5.30. The lowest BCUT2D eigenvalue weighted by Gasteiger charge is -2.14. The van der Waals surface area contributed by atoms with Crippen LogP contribution in [0.3, 0.4) is 0 Å². The summed E-state index contributed by atoms with van der Waals surface area (Å²) in [6.07, 6.45) is 2.35. The molecular formula is C10H16N2O5. The number of hydrogen-bond donors (Lipinski definition) is 3. The molecule has 1 rings (SSSR count). The molecule has 96 valence electrons. The molecule has 1 saturated heterocycles. The topological polar surface area (TPSA) is 105 Å². The zero-order valence-electron chi connectivity index (χ0n) is 9.40. The van der Waals surface area contributed by atoms with Crippen LogP contribution in [0.1, 0.15) is 19.3 Å². The first-order valence-electron chi connectivity index (χ1n) is 5.46. The molecule has 0 radical (unpaired) electrons. The van der Waals surface area contributed by atoms with Gasteiger partial charge in [-0.15, -0.1) is 0 Å². The minimum Gasteiger partial charge on any atom is -0.480 e. The predicted octanol–water partition coefficient (Wildman–Crippen LogP) is -1.13. The molecule has 2 amide bonds. The minimum atomic E-state index is -1.13. The van der Waals surface area contributed by atoms with E-state index in [4.69, 9.17) is 5.11 Å². The van der Waals surface area contributed by atoms with E-state index in [-0.39, 0.29) is 12.5 Å². The Bertz CT molecular complexity index is 305. The number of carboxylic acid groups (broad SMARTS) is 1.